The molecule has 3 heteroatoms. The fourth-order valence-corrected chi connectivity index (χ4v) is 19.5. The molecule has 0 aliphatic carbocycles. The van der Waals surface area contributed by atoms with E-state index in [0.29, 0.717) is 61.0 Å². The molecule has 0 fully saturated rings. The Morgan fingerprint density at radius 2 is 0.348 bits per heavy atom. The molecule has 3 nitrogen and oxygen atoms in total. The Morgan fingerprint density at radius 1 is 0.121 bits per heavy atom. The van der Waals surface area contributed by atoms with Crippen molar-refractivity contribution in [1.29, 1.82) is 0 Å². The summed E-state index contributed by atoms with van der Waals surface area (Å²) in [4.78, 5) is 4.13. The van der Waals surface area contributed by atoms with Crippen molar-refractivity contribution in [3.8, 4) is 66.8 Å². The fourth-order valence-electron chi connectivity index (χ4n) is 19.5. The molecule has 0 radical (unpaired) electrons. The minimum absolute atomic E-state index is 0.1000. The summed E-state index contributed by atoms with van der Waals surface area (Å²) in [5, 5.41) is 21.6. The van der Waals surface area contributed by atoms with Gasteiger partial charge in [0.2, 0.25) is 0 Å². The summed E-state index contributed by atoms with van der Waals surface area (Å²) >= 11 is 0. The third-order valence-electron chi connectivity index (χ3n) is 26.3. The van der Waals surface area contributed by atoms with E-state index >= 15 is 0 Å². The fraction of sp³-hybridized carbons (Fsp3) is 0. The van der Waals surface area contributed by atoms with E-state index in [1.165, 1.54) is 14.7 Å². The molecule has 0 saturated carbocycles. The van der Waals surface area contributed by atoms with Crippen LogP contribution in [0, 0.1) is 0 Å². The predicted octanol–water partition coefficient (Wildman–Crippen LogP) is 39.3. The second-order valence-corrected chi connectivity index (χ2v) is 34.5. The van der Waals surface area contributed by atoms with Crippen molar-refractivity contribution in [3.05, 3.63) is 564 Å². The molecular weight excluding hydrogens is 1700 g/mol. The summed E-state index contributed by atoms with van der Waals surface area (Å²) in [5.41, 5.74) is 4.64. The van der Waals surface area contributed by atoms with Crippen LogP contribution in [0.1, 0.15) is 34.3 Å². The molecule has 27 rings (SSSR count). The van der Waals surface area contributed by atoms with Gasteiger partial charge in [0.1, 0.15) is 0 Å². The molecule has 27 aromatic carbocycles. The SMILES string of the molecule is [2H]c1c([2H])c(N(c2c([2H])c([2H])c(-c3ccc4ccc5ccccc5c4c3)c([2H])c2[2H])c2cc3ccccc3c3ccccc23)c([2H])c([2H])c1-c1ccccc1.[2H]c1c([2H])c(N(c2c([2H])c([2H])c(-c3ccccc3-c3ccccc3)c([2H])c2[2H])c2cc3ccccc3c3ccccc23)c([2H])c([2H])c1-c1ccc2c(ccc3ccccc32)c1.[2H]c1c([2H])c([2H])c(N(c2c([2H])c([2H])c(-c3ccc4ccc5ccccc5c4c3)c([2H])c2[2H])c2cc3ccccc3c3ccccc23)c([2H])c1[2H]. The summed E-state index contributed by atoms with van der Waals surface area (Å²) in [6.07, 6.45) is 0. The Balaban J connectivity index is 0.000000126. The first-order chi connectivity index (χ1) is 80.4. The number of rotatable bonds is 15. The number of anilines is 9. The first-order valence-electron chi connectivity index (χ1n) is 59.0. The van der Waals surface area contributed by atoms with Crippen LogP contribution in [-0.2, 0) is 0 Å². The Kier molecular flexibility index (Phi) is 16.1. The van der Waals surface area contributed by atoms with Gasteiger partial charge in [-0.2, -0.15) is 0 Å². The Bertz CT molecular complexity index is 11000. The summed E-state index contributed by atoms with van der Waals surface area (Å²) in [6.45, 7) is 0. The minimum atomic E-state index is -0.578. The van der Waals surface area contributed by atoms with Crippen molar-refractivity contribution >= 4 is 180 Å². The van der Waals surface area contributed by atoms with Gasteiger partial charge >= 0.3 is 0 Å². The molecule has 141 heavy (non-hydrogen) atoms. The lowest BCUT2D eigenvalue weighted by molar-refractivity contribution is 1.30. The largest absolute Gasteiger partial charge is 0.310 e. The van der Waals surface area contributed by atoms with Crippen LogP contribution in [0.2, 0.25) is 0 Å². The lowest BCUT2D eigenvalue weighted by Crippen LogP contribution is -2.10. The zero-order valence-corrected chi connectivity index (χ0v) is 75.6. The zero-order chi connectivity index (χ0) is 115. The number of benzene rings is 27. The first kappa shape index (κ1) is 61.5. The lowest BCUT2D eigenvalue weighted by atomic mass is 9.94. The van der Waals surface area contributed by atoms with Crippen LogP contribution in [-0.4, -0.2) is 0 Å². The van der Waals surface area contributed by atoms with Gasteiger partial charge in [-0.15, -0.1) is 0 Å². The van der Waals surface area contributed by atoms with Gasteiger partial charge in [0.05, 0.1) is 51.3 Å². The minimum Gasteiger partial charge on any atom is -0.310 e. The highest BCUT2D eigenvalue weighted by molar-refractivity contribution is 6.19. The summed E-state index contributed by atoms with van der Waals surface area (Å²) < 4.78 is 233. The monoisotopic (exact) mass is 1820 g/mol. The van der Waals surface area contributed by atoms with Crippen LogP contribution in [0.25, 0.3) is 196 Å². The van der Waals surface area contributed by atoms with E-state index in [-0.39, 0.29) is 159 Å². The molecule has 0 amide bonds. The molecule has 0 bridgehead atoms. The predicted molar refractivity (Wildman–Crippen MR) is 606 cm³/mol. The maximum absolute atomic E-state index is 9.71. The summed E-state index contributed by atoms with van der Waals surface area (Å²) in [5.74, 6) is 0. The van der Waals surface area contributed by atoms with Gasteiger partial charge < -0.3 is 14.7 Å². The highest BCUT2D eigenvalue weighted by Crippen LogP contribution is 2.49. The van der Waals surface area contributed by atoms with Crippen LogP contribution < -0.4 is 14.7 Å². The van der Waals surface area contributed by atoms with Crippen LogP contribution in [0.4, 0.5) is 51.2 Å². The third kappa shape index (κ3) is 16.2. The van der Waals surface area contributed by atoms with Gasteiger partial charge in [0, 0.05) is 50.3 Å². The molecule has 0 heterocycles. The van der Waals surface area contributed by atoms with Gasteiger partial charge in [0.25, 0.3) is 0 Å². The molecule has 27 aromatic rings. The second-order valence-electron chi connectivity index (χ2n) is 34.5. The van der Waals surface area contributed by atoms with Gasteiger partial charge in [-0.3, -0.25) is 0 Å². The number of hydrogen-bond acceptors (Lipinski definition) is 3. The topological polar surface area (TPSA) is 9.72 Å². The van der Waals surface area contributed by atoms with Crippen molar-refractivity contribution in [2.75, 3.05) is 14.7 Å². The van der Waals surface area contributed by atoms with E-state index in [1.54, 1.807) is 54.6 Å². The Labute approximate surface area is 855 Å². The van der Waals surface area contributed by atoms with Crippen LogP contribution in [0.3, 0.4) is 0 Å². The van der Waals surface area contributed by atoms with E-state index in [2.05, 4.69) is 0 Å². The van der Waals surface area contributed by atoms with Gasteiger partial charge in [0.15, 0.2) is 0 Å². The highest BCUT2D eigenvalue weighted by atomic mass is 15.2. The van der Waals surface area contributed by atoms with Crippen molar-refractivity contribution in [2.24, 2.45) is 0 Å². The Hall–Kier alpha value is -18.5. The smallest absolute Gasteiger partial charge is 0.0645 e. The van der Waals surface area contributed by atoms with E-state index in [9.17, 15) is 27.4 Å². The second kappa shape index (κ2) is 36.9. The first-order valence-corrected chi connectivity index (χ1v) is 46.5. The van der Waals surface area contributed by atoms with E-state index in [1.807, 2.05) is 358 Å². The normalized spacial score (nSPS) is 13.9. The molecular formula is C138H93N3. The lowest BCUT2D eigenvalue weighted by Gasteiger charge is -2.28. The number of fused-ring (bicyclic) bond motifs is 18. The summed E-state index contributed by atoms with van der Waals surface area (Å²) in [6, 6.07) is 120. The zero-order valence-electron chi connectivity index (χ0n) is 101. The quantitative estimate of drug-likeness (QED) is 0.0947. The molecule has 0 saturated heterocycles. The maximum atomic E-state index is 9.71. The molecule has 0 N–H and O–H groups in total. The van der Waals surface area contributed by atoms with Gasteiger partial charge in [-0.1, -0.05) is 455 Å². The van der Waals surface area contributed by atoms with Crippen molar-refractivity contribution in [1.82, 2.24) is 0 Å². The molecule has 0 unspecified atom stereocenters. The standard InChI is InChI=1S/C52H35N.C46H31N.C40H27N/c1-2-12-37(13-3-1)45-17-8-9-18-47(45)39-26-31-44(32-27-39)53(52-35-41-15-5-7-19-48(41)50-20-10-11-21-51(50)52)43-29-24-36(25-30-43)40-28-33-49-42(34-40)23-22-38-14-4-6-16-46(38)49;1-2-10-32(11-3-1)33-22-26-39(27-23-33)47(46-31-38-13-5-7-15-42(38)43-16-8-9-17-44(43)46)40-28-24-34(25-29-40)37-21-20-36-19-18-35-12-4-6-14-41(35)45(36)30-37;1-2-12-33(13-3-1)41(40-27-32-11-5-7-15-36(32)37-16-8-9-17-38(37)40)34-24-22-28(23-25-34)31-21-20-30-19-18-29-10-4-6-14-35(29)39(30)26-31/h1-35H;1-31H;1-27H/i24D,25D,26D,27D,29D,30D,31D,32D;22D,23D,24D,25D,26D,27D,28D,29D;1D,2D,3D,12D,13D,22D,23D,24D,25D. The average Bonchev–Trinajstić information content (AvgIpc) is 0.722. The summed E-state index contributed by atoms with van der Waals surface area (Å²) in [7, 11) is 0. The average molecular weight is 1820 g/mol. The Morgan fingerprint density at radius 3 is 0.716 bits per heavy atom. The molecule has 0 aliphatic heterocycles. The molecule has 0 atom stereocenters. The van der Waals surface area contributed by atoms with Crippen LogP contribution in [0.15, 0.2) is 564 Å². The number of nitrogens with zero attached hydrogens (tertiary/aromatic N) is 3. The van der Waals surface area contributed by atoms with E-state index < -0.39 is 54.4 Å². The van der Waals surface area contributed by atoms with Gasteiger partial charge in [-0.25, -0.2) is 0 Å². The molecule has 0 aromatic heterocycles. The maximum Gasteiger partial charge on any atom is 0.0645 e. The number of hydrogen-bond donors (Lipinski definition) is 0. The van der Waals surface area contributed by atoms with Gasteiger partial charge in [-0.05, 0) is 289 Å². The van der Waals surface area contributed by atoms with Crippen LogP contribution in [0.5, 0.6) is 0 Å². The highest BCUT2D eigenvalue weighted by Gasteiger charge is 2.24. The van der Waals surface area contributed by atoms with Crippen LogP contribution >= 0.6 is 0 Å². The molecule has 660 valence electrons. The van der Waals surface area contributed by atoms with Crippen molar-refractivity contribution in [2.45, 2.75) is 0 Å². The molecule has 0 aliphatic rings. The van der Waals surface area contributed by atoms with Crippen molar-refractivity contribution in [3.63, 3.8) is 0 Å². The third-order valence-corrected chi connectivity index (χ3v) is 26.3. The molecule has 0 spiro atoms. The van der Waals surface area contributed by atoms with Crippen molar-refractivity contribution < 1.29 is 34.3 Å². The van der Waals surface area contributed by atoms with E-state index in [0.717, 1.165) is 124 Å². The van der Waals surface area contributed by atoms with E-state index in [4.69, 9.17) is 6.85 Å². The number of para-hydroxylation sites is 1.